The first-order valence-electron chi connectivity index (χ1n) is 18.3. The Morgan fingerprint density at radius 1 is 0.364 bits per heavy atom. The summed E-state index contributed by atoms with van der Waals surface area (Å²) < 4.78 is 6.88. The molecule has 0 atom stereocenters. The molecule has 11 rings (SSSR count). The Morgan fingerprint density at radius 3 is 1.53 bits per heavy atom. The third-order valence-corrected chi connectivity index (χ3v) is 11.1. The lowest BCUT2D eigenvalue weighted by molar-refractivity contribution is 1.16. The molecule has 0 aliphatic carbocycles. The van der Waals surface area contributed by atoms with Crippen LogP contribution >= 0.6 is 0 Å². The second-order valence-electron chi connectivity index (χ2n) is 13.9. The molecule has 254 valence electrons. The monoisotopic (exact) mass is 699 g/mol. The summed E-state index contributed by atoms with van der Waals surface area (Å²) in [5, 5.41) is 27.4. The van der Waals surface area contributed by atoms with Crippen LogP contribution in [0.25, 0.3) is 93.6 Å². The first-order valence-corrected chi connectivity index (χ1v) is 18.3. The average Bonchev–Trinajstić information content (AvgIpc) is 3.89. The Bertz CT molecular complexity index is 3400. The van der Waals surface area contributed by atoms with Crippen molar-refractivity contribution in [2.45, 2.75) is 0 Å². The summed E-state index contributed by atoms with van der Waals surface area (Å²) >= 11 is 0. The molecule has 0 radical (unpaired) electrons. The van der Waals surface area contributed by atoms with Crippen LogP contribution in [0.5, 0.6) is 0 Å². The van der Waals surface area contributed by atoms with Gasteiger partial charge in [0.1, 0.15) is 6.07 Å². The Hall–Kier alpha value is -7.86. The fourth-order valence-electron chi connectivity index (χ4n) is 8.82. The van der Waals surface area contributed by atoms with E-state index in [0.717, 1.165) is 82.8 Å². The number of para-hydroxylation sites is 4. The first-order chi connectivity index (χ1) is 27.2. The van der Waals surface area contributed by atoms with Gasteiger partial charge in [-0.25, -0.2) is 0 Å². The van der Waals surface area contributed by atoms with E-state index < -0.39 is 0 Å². The molecule has 0 aliphatic rings. The van der Waals surface area contributed by atoms with Gasteiger partial charge in [-0.05, 0) is 78.4 Å². The van der Waals surface area contributed by atoms with E-state index in [1.165, 1.54) is 10.8 Å². The summed E-state index contributed by atoms with van der Waals surface area (Å²) in [5.41, 5.74) is 12.5. The van der Waals surface area contributed by atoms with Gasteiger partial charge < -0.3 is 13.7 Å². The highest BCUT2D eigenvalue weighted by molar-refractivity contribution is 6.16. The molecular formula is C50H29N5. The van der Waals surface area contributed by atoms with Gasteiger partial charge in [-0.3, -0.25) is 0 Å². The maximum atomic E-state index is 10.9. The molecule has 0 aliphatic heterocycles. The number of rotatable bonds is 4. The van der Waals surface area contributed by atoms with Crippen LogP contribution in [0.2, 0.25) is 0 Å². The SMILES string of the molecule is N#Cc1ccc2c(c1)c1ccccc1n2-c1ccc(-c2cccc(-n3c4ccccc4c4c(-n5c6ccccc6c6ccccc65)cccc43)c2C#N)cc1. The van der Waals surface area contributed by atoms with Gasteiger partial charge in [0, 0.05) is 43.6 Å². The molecule has 0 amide bonds. The van der Waals surface area contributed by atoms with E-state index in [-0.39, 0.29) is 0 Å². The zero-order valence-electron chi connectivity index (χ0n) is 29.5. The lowest BCUT2D eigenvalue weighted by Crippen LogP contribution is -2.00. The standard InChI is InChI=1S/C50H29N5/c51-30-32-23-28-47-40(29-32)38-13-3-5-16-42(38)53(47)34-26-24-33(25-27-34)35-15-9-20-46(41(35)31-52)55-45-19-8-4-14-39(45)50-48(21-10-22-49(50)55)54-43-17-6-1-11-36(43)37-12-2-7-18-44(37)54/h1-29H. The molecule has 5 nitrogen and oxygen atoms in total. The highest BCUT2D eigenvalue weighted by Crippen LogP contribution is 2.41. The summed E-state index contributed by atoms with van der Waals surface area (Å²) in [7, 11) is 0. The van der Waals surface area contributed by atoms with Crippen LogP contribution in [-0.2, 0) is 0 Å². The van der Waals surface area contributed by atoms with Crippen LogP contribution in [0.1, 0.15) is 11.1 Å². The third-order valence-electron chi connectivity index (χ3n) is 11.1. The Balaban J connectivity index is 1.10. The Morgan fingerprint density at radius 2 is 0.873 bits per heavy atom. The number of aromatic nitrogens is 3. The summed E-state index contributed by atoms with van der Waals surface area (Å²) in [4.78, 5) is 0. The second kappa shape index (κ2) is 11.8. The zero-order chi connectivity index (χ0) is 36.6. The normalized spacial score (nSPS) is 11.6. The summed E-state index contributed by atoms with van der Waals surface area (Å²) in [6.07, 6.45) is 0. The molecule has 8 aromatic carbocycles. The van der Waals surface area contributed by atoms with Gasteiger partial charge >= 0.3 is 0 Å². The molecule has 55 heavy (non-hydrogen) atoms. The van der Waals surface area contributed by atoms with Crippen molar-refractivity contribution in [3.05, 3.63) is 187 Å². The molecule has 3 aromatic heterocycles. The summed E-state index contributed by atoms with van der Waals surface area (Å²) in [6.45, 7) is 0. The molecule has 0 saturated heterocycles. The summed E-state index contributed by atoms with van der Waals surface area (Å²) in [5.74, 6) is 0. The zero-order valence-corrected chi connectivity index (χ0v) is 29.5. The fraction of sp³-hybridized carbons (Fsp3) is 0. The number of nitriles is 2. The van der Waals surface area contributed by atoms with Gasteiger partial charge in [0.05, 0.1) is 61.7 Å². The van der Waals surface area contributed by atoms with Crippen LogP contribution in [0.4, 0.5) is 0 Å². The van der Waals surface area contributed by atoms with Crippen molar-refractivity contribution in [1.29, 1.82) is 10.5 Å². The minimum absolute atomic E-state index is 0.612. The number of nitrogens with zero attached hydrogens (tertiary/aromatic N) is 5. The third kappa shape index (κ3) is 4.39. The van der Waals surface area contributed by atoms with Crippen molar-refractivity contribution in [2.24, 2.45) is 0 Å². The maximum absolute atomic E-state index is 10.9. The number of hydrogen-bond acceptors (Lipinski definition) is 2. The summed E-state index contributed by atoms with van der Waals surface area (Å²) in [6, 6.07) is 65.9. The van der Waals surface area contributed by atoms with Crippen molar-refractivity contribution < 1.29 is 0 Å². The van der Waals surface area contributed by atoms with Crippen LogP contribution in [0.3, 0.4) is 0 Å². The lowest BCUT2D eigenvalue weighted by Gasteiger charge is -2.15. The van der Waals surface area contributed by atoms with E-state index in [1.807, 2.05) is 36.4 Å². The molecular weight excluding hydrogens is 671 g/mol. The Labute approximate surface area is 316 Å². The molecule has 0 unspecified atom stereocenters. The molecule has 5 heteroatoms. The number of benzene rings is 8. The number of hydrogen-bond donors (Lipinski definition) is 0. The second-order valence-corrected chi connectivity index (χ2v) is 13.9. The molecule has 0 N–H and O–H groups in total. The first kappa shape index (κ1) is 30.7. The molecule has 0 bridgehead atoms. The molecule has 0 spiro atoms. The van der Waals surface area contributed by atoms with E-state index in [2.05, 4.69) is 165 Å². The van der Waals surface area contributed by atoms with Gasteiger partial charge in [-0.2, -0.15) is 10.5 Å². The lowest BCUT2D eigenvalue weighted by atomic mass is 9.98. The fourth-order valence-corrected chi connectivity index (χ4v) is 8.82. The minimum atomic E-state index is 0.612. The number of fused-ring (bicyclic) bond motifs is 9. The molecule has 0 saturated carbocycles. The van der Waals surface area contributed by atoms with E-state index in [4.69, 9.17) is 0 Å². The molecule has 11 aromatic rings. The van der Waals surface area contributed by atoms with Gasteiger partial charge in [-0.15, -0.1) is 0 Å². The van der Waals surface area contributed by atoms with Crippen LogP contribution in [0, 0.1) is 22.7 Å². The topological polar surface area (TPSA) is 62.4 Å². The van der Waals surface area contributed by atoms with Gasteiger partial charge in [-0.1, -0.05) is 103 Å². The Kier molecular flexibility index (Phi) is 6.61. The van der Waals surface area contributed by atoms with Gasteiger partial charge in [0.15, 0.2) is 0 Å². The van der Waals surface area contributed by atoms with E-state index >= 15 is 0 Å². The van der Waals surface area contributed by atoms with E-state index in [9.17, 15) is 10.5 Å². The van der Waals surface area contributed by atoms with Crippen molar-refractivity contribution >= 4 is 65.4 Å². The van der Waals surface area contributed by atoms with Crippen LogP contribution in [0.15, 0.2) is 176 Å². The van der Waals surface area contributed by atoms with Crippen molar-refractivity contribution in [1.82, 2.24) is 13.7 Å². The average molecular weight is 700 g/mol. The van der Waals surface area contributed by atoms with Crippen molar-refractivity contribution in [3.63, 3.8) is 0 Å². The van der Waals surface area contributed by atoms with Gasteiger partial charge in [0.2, 0.25) is 0 Å². The highest BCUT2D eigenvalue weighted by Gasteiger charge is 2.22. The van der Waals surface area contributed by atoms with Gasteiger partial charge in [0.25, 0.3) is 0 Å². The predicted molar refractivity (Wildman–Crippen MR) is 224 cm³/mol. The van der Waals surface area contributed by atoms with Crippen molar-refractivity contribution in [3.8, 4) is 40.3 Å². The largest absolute Gasteiger partial charge is 0.309 e. The van der Waals surface area contributed by atoms with Crippen LogP contribution in [-0.4, -0.2) is 13.7 Å². The quantitative estimate of drug-likeness (QED) is 0.184. The predicted octanol–water partition coefficient (Wildman–Crippen LogP) is 12.4. The highest BCUT2D eigenvalue weighted by atomic mass is 15.0. The minimum Gasteiger partial charge on any atom is -0.309 e. The smallest absolute Gasteiger partial charge is 0.102 e. The molecule has 0 fully saturated rings. The van der Waals surface area contributed by atoms with Crippen LogP contribution < -0.4 is 0 Å². The van der Waals surface area contributed by atoms with E-state index in [1.54, 1.807) is 0 Å². The van der Waals surface area contributed by atoms with Crippen molar-refractivity contribution in [2.75, 3.05) is 0 Å². The maximum Gasteiger partial charge on any atom is 0.102 e. The van der Waals surface area contributed by atoms with E-state index in [0.29, 0.717) is 11.1 Å². The molecule has 3 heterocycles.